The minimum absolute atomic E-state index is 0.247. The van der Waals surface area contributed by atoms with Crippen LogP contribution in [0.2, 0.25) is 0 Å². The fourth-order valence-electron chi connectivity index (χ4n) is 1.17. The number of phenols is 1. The van der Waals surface area contributed by atoms with Crippen molar-refractivity contribution in [3.8, 4) is 5.75 Å². The van der Waals surface area contributed by atoms with E-state index in [0.29, 0.717) is 13.1 Å². The Balaban J connectivity index is 2.30. The van der Waals surface area contributed by atoms with Crippen LogP contribution in [-0.2, 0) is 16.1 Å². The van der Waals surface area contributed by atoms with Crippen molar-refractivity contribution in [1.82, 2.24) is 5.32 Å². The van der Waals surface area contributed by atoms with Gasteiger partial charge < -0.3 is 15.2 Å². The van der Waals surface area contributed by atoms with Crippen LogP contribution in [0.4, 0.5) is 0 Å². The molecular formula is C11H14BrNO3. The highest BCUT2D eigenvalue weighted by Gasteiger charge is 2.13. The Bertz CT molecular complexity index is 340. The van der Waals surface area contributed by atoms with Crippen LogP contribution in [0.25, 0.3) is 0 Å². The van der Waals surface area contributed by atoms with Gasteiger partial charge >= 0.3 is 5.97 Å². The summed E-state index contributed by atoms with van der Waals surface area (Å²) in [5.41, 5.74) is 1.04. The van der Waals surface area contributed by atoms with E-state index in [1.54, 1.807) is 12.1 Å². The molecule has 0 saturated carbocycles. The molecule has 0 fully saturated rings. The number of hydrogen-bond donors (Lipinski definition) is 2. The monoisotopic (exact) mass is 287 g/mol. The van der Waals surface area contributed by atoms with Gasteiger partial charge in [-0.3, -0.25) is 4.79 Å². The second-order valence-corrected chi connectivity index (χ2v) is 4.39. The summed E-state index contributed by atoms with van der Waals surface area (Å²) in [6.07, 6.45) is 0. The van der Waals surface area contributed by atoms with Gasteiger partial charge in [0, 0.05) is 13.1 Å². The Kier molecular flexibility index (Phi) is 5.28. The highest BCUT2D eigenvalue weighted by molar-refractivity contribution is 9.10. The van der Waals surface area contributed by atoms with Gasteiger partial charge in [0.15, 0.2) is 0 Å². The zero-order chi connectivity index (χ0) is 12.0. The molecule has 1 rings (SSSR count). The summed E-state index contributed by atoms with van der Waals surface area (Å²) < 4.78 is 4.57. The Labute approximate surface area is 103 Å². The van der Waals surface area contributed by atoms with Crippen LogP contribution in [0.1, 0.15) is 5.56 Å². The molecule has 1 aromatic rings. The maximum Gasteiger partial charge on any atom is 0.320 e. The summed E-state index contributed by atoms with van der Waals surface area (Å²) in [4.78, 5) is 10.7. The predicted molar refractivity (Wildman–Crippen MR) is 64.5 cm³/mol. The quantitative estimate of drug-likeness (QED) is 0.635. The zero-order valence-electron chi connectivity index (χ0n) is 8.94. The van der Waals surface area contributed by atoms with Crippen LogP contribution in [0.15, 0.2) is 24.3 Å². The lowest BCUT2D eigenvalue weighted by molar-refractivity contribution is -0.139. The summed E-state index contributed by atoms with van der Waals surface area (Å²) >= 11 is 3.21. The molecule has 2 N–H and O–H groups in total. The van der Waals surface area contributed by atoms with Gasteiger partial charge in [-0.15, -0.1) is 0 Å². The van der Waals surface area contributed by atoms with E-state index in [9.17, 15) is 4.79 Å². The third-order valence-electron chi connectivity index (χ3n) is 2.05. The molecule has 16 heavy (non-hydrogen) atoms. The Morgan fingerprint density at radius 2 is 2.12 bits per heavy atom. The molecular weight excluding hydrogens is 274 g/mol. The van der Waals surface area contributed by atoms with Gasteiger partial charge in [-0.2, -0.15) is 0 Å². The molecule has 1 aromatic carbocycles. The van der Waals surface area contributed by atoms with Gasteiger partial charge in [0.2, 0.25) is 0 Å². The van der Waals surface area contributed by atoms with Gasteiger partial charge in [-0.25, -0.2) is 0 Å². The van der Waals surface area contributed by atoms with Crippen LogP contribution in [0.5, 0.6) is 5.75 Å². The highest BCUT2D eigenvalue weighted by Crippen LogP contribution is 2.09. The van der Waals surface area contributed by atoms with E-state index in [1.807, 2.05) is 12.1 Å². The summed E-state index contributed by atoms with van der Waals surface area (Å²) in [5, 5.41) is 12.2. The van der Waals surface area contributed by atoms with Crippen LogP contribution in [0.3, 0.4) is 0 Å². The highest BCUT2D eigenvalue weighted by atomic mass is 79.9. The first-order valence-electron chi connectivity index (χ1n) is 4.84. The molecule has 0 amide bonds. The first-order chi connectivity index (χ1) is 7.63. The average Bonchev–Trinajstić information content (AvgIpc) is 2.30. The molecule has 88 valence electrons. The van der Waals surface area contributed by atoms with Crippen molar-refractivity contribution in [2.75, 3.05) is 13.7 Å². The van der Waals surface area contributed by atoms with Crippen LogP contribution < -0.4 is 5.32 Å². The number of hydrogen-bond acceptors (Lipinski definition) is 4. The number of alkyl halides is 1. The first kappa shape index (κ1) is 13.0. The lowest BCUT2D eigenvalue weighted by Crippen LogP contribution is -2.29. The lowest BCUT2D eigenvalue weighted by Gasteiger charge is -2.09. The molecule has 0 aliphatic rings. The predicted octanol–water partition coefficient (Wildman–Crippen LogP) is 1.42. The number of phenolic OH excluding ortho intramolecular Hbond substituents is 1. The maximum atomic E-state index is 11.1. The fraction of sp³-hybridized carbons (Fsp3) is 0.364. The van der Waals surface area contributed by atoms with E-state index in [2.05, 4.69) is 26.0 Å². The molecule has 0 bridgehead atoms. The standard InChI is InChI=1S/C11H14BrNO3/c1-16-11(15)10(12)7-13-6-8-2-4-9(14)5-3-8/h2-5,10,13-14H,6-7H2,1H3. The van der Waals surface area contributed by atoms with Gasteiger partial charge in [0.25, 0.3) is 0 Å². The third kappa shape index (κ3) is 4.20. The van der Waals surface area contributed by atoms with Crippen molar-refractivity contribution >= 4 is 21.9 Å². The summed E-state index contributed by atoms with van der Waals surface area (Å²) in [5.74, 6) is -0.0464. The van der Waals surface area contributed by atoms with Crippen molar-refractivity contribution in [2.45, 2.75) is 11.4 Å². The van der Waals surface area contributed by atoms with Gasteiger partial charge in [0.05, 0.1) is 7.11 Å². The van der Waals surface area contributed by atoms with E-state index < -0.39 is 0 Å². The summed E-state index contributed by atoms with van der Waals surface area (Å²) in [6, 6.07) is 6.90. The SMILES string of the molecule is COC(=O)C(Br)CNCc1ccc(O)cc1. The smallest absolute Gasteiger partial charge is 0.320 e. The number of benzene rings is 1. The molecule has 0 heterocycles. The van der Waals surface area contributed by atoms with Crippen molar-refractivity contribution < 1.29 is 14.6 Å². The first-order valence-corrected chi connectivity index (χ1v) is 5.75. The molecule has 0 saturated heterocycles. The van der Waals surface area contributed by atoms with E-state index in [4.69, 9.17) is 5.11 Å². The molecule has 5 heteroatoms. The van der Waals surface area contributed by atoms with E-state index in [1.165, 1.54) is 7.11 Å². The Morgan fingerprint density at radius 1 is 1.50 bits per heavy atom. The average molecular weight is 288 g/mol. The molecule has 0 aromatic heterocycles. The third-order valence-corrected chi connectivity index (χ3v) is 2.74. The molecule has 0 spiro atoms. The zero-order valence-corrected chi connectivity index (χ0v) is 10.5. The lowest BCUT2D eigenvalue weighted by atomic mass is 10.2. The van der Waals surface area contributed by atoms with Gasteiger partial charge in [-0.05, 0) is 17.7 Å². The minimum atomic E-state index is -0.338. The minimum Gasteiger partial charge on any atom is -0.508 e. The van der Waals surface area contributed by atoms with Crippen molar-refractivity contribution in [3.63, 3.8) is 0 Å². The topological polar surface area (TPSA) is 58.6 Å². The number of carbonyl (C=O) groups excluding carboxylic acids is 1. The van der Waals surface area contributed by atoms with Gasteiger partial charge in [0.1, 0.15) is 10.6 Å². The number of methoxy groups -OCH3 is 1. The Hall–Kier alpha value is -1.07. The largest absolute Gasteiger partial charge is 0.508 e. The Morgan fingerprint density at radius 3 is 2.69 bits per heavy atom. The molecule has 0 aliphatic carbocycles. The second kappa shape index (κ2) is 6.50. The number of halogens is 1. The van der Waals surface area contributed by atoms with Crippen LogP contribution >= 0.6 is 15.9 Å². The van der Waals surface area contributed by atoms with E-state index >= 15 is 0 Å². The molecule has 1 atom stereocenters. The summed E-state index contributed by atoms with van der Waals surface area (Å²) in [7, 11) is 1.36. The van der Waals surface area contributed by atoms with Crippen molar-refractivity contribution in [3.05, 3.63) is 29.8 Å². The number of ether oxygens (including phenoxy) is 1. The molecule has 0 aliphatic heterocycles. The summed E-state index contributed by atoms with van der Waals surface area (Å²) in [6.45, 7) is 1.13. The van der Waals surface area contributed by atoms with Crippen LogP contribution in [-0.4, -0.2) is 29.6 Å². The second-order valence-electron chi connectivity index (χ2n) is 3.29. The molecule has 1 unspecified atom stereocenters. The van der Waals surface area contributed by atoms with Crippen molar-refractivity contribution in [2.24, 2.45) is 0 Å². The number of nitrogens with one attached hydrogen (secondary N) is 1. The number of rotatable bonds is 5. The van der Waals surface area contributed by atoms with E-state index in [0.717, 1.165) is 5.56 Å². The number of carbonyl (C=O) groups is 1. The fourth-order valence-corrected chi connectivity index (χ4v) is 1.58. The van der Waals surface area contributed by atoms with E-state index in [-0.39, 0.29) is 16.5 Å². The number of esters is 1. The number of aromatic hydroxyl groups is 1. The normalized spacial score (nSPS) is 12.1. The van der Waals surface area contributed by atoms with Crippen LogP contribution in [0, 0.1) is 0 Å². The van der Waals surface area contributed by atoms with Gasteiger partial charge in [-0.1, -0.05) is 28.1 Å². The molecule has 0 radical (unpaired) electrons. The molecule has 4 nitrogen and oxygen atoms in total. The van der Waals surface area contributed by atoms with Crippen molar-refractivity contribution in [1.29, 1.82) is 0 Å². The maximum absolute atomic E-state index is 11.1.